The second-order valence-electron chi connectivity index (χ2n) is 3.33. The zero-order valence-corrected chi connectivity index (χ0v) is 11.4. The van der Waals surface area contributed by atoms with Gasteiger partial charge in [-0.1, -0.05) is 29.8 Å². The molecule has 0 N–H and O–H groups in total. The highest BCUT2D eigenvalue weighted by Gasteiger charge is 1.99. The smallest absolute Gasteiger partial charge is 0.309 e. The van der Waals surface area contributed by atoms with Crippen LogP contribution < -0.4 is 0 Å². The van der Waals surface area contributed by atoms with E-state index in [2.05, 4.69) is 22.4 Å². The summed E-state index contributed by atoms with van der Waals surface area (Å²) in [5.74, 6) is -0.248. The minimum absolute atomic E-state index is 0.241. The maximum atomic E-state index is 11.1. The third-order valence-electron chi connectivity index (χ3n) is 2.04. The van der Waals surface area contributed by atoms with Gasteiger partial charge < -0.3 is 4.74 Å². The number of rotatable bonds is 5. The molecule has 0 bridgehead atoms. The van der Waals surface area contributed by atoms with E-state index in [0.29, 0.717) is 17.3 Å². The number of esters is 1. The van der Waals surface area contributed by atoms with E-state index >= 15 is 0 Å². The molecule has 0 saturated heterocycles. The van der Waals surface area contributed by atoms with E-state index in [-0.39, 0.29) is 12.4 Å². The van der Waals surface area contributed by atoms with E-state index in [9.17, 15) is 4.79 Å². The quantitative estimate of drug-likeness (QED) is 0.464. The predicted octanol–water partition coefficient (Wildman–Crippen LogP) is 4.04. The number of thiocarbonyl (C=S) groups is 1. The van der Waals surface area contributed by atoms with Crippen LogP contribution in [0.4, 0.5) is 5.69 Å². The van der Waals surface area contributed by atoms with Crippen LogP contribution in [0.3, 0.4) is 0 Å². The second kappa shape index (κ2) is 7.77. The minimum atomic E-state index is -0.248. The summed E-state index contributed by atoms with van der Waals surface area (Å²) in [5.41, 5.74) is 1.46. The van der Waals surface area contributed by atoms with Crippen molar-refractivity contribution in [1.82, 2.24) is 0 Å². The third kappa shape index (κ3) is 4.80. The van der Waals surface area contributed by atoms with Gasteiger partial charge in [-0.15, -0.1) is 0 Å². The van der Waals surface area contributed by atoms with Gasteiger partial charge in [0.25, 0.3) is 0 Å². The van der Waals surface area contributed by atoms with Crippen LogP contribution in [0.5, 0.6) is 0 Å². The largest absolute Gasteiger partial charge is 0.466 e. The summed E-state index contributed by atoms with van der Waals surface area (Å²) in [6.07, 6.45) is 3.77. The van der Waals surface area contributed by atoms with Crippen LogP contribution in [0.25, 0.3) is 6.08 Å². The summed E-state index contributed by atoms with van der Waals surface area (Å²) in [5, 5.41) is 2.75. The van der Waals surface area contributed by atoms with Crippen molar-refractivity contribution >= 4 is 46.7 Å². The zero-order chi connectivity index (χ0) is 13.4. The molecule has 0 atom stereocenters. The van der Waals surface area contributed by atoms with Gasteiger partial charge in [0.05, 0.1) is 28.9 Å². The van der Waals surface area contributed by atoms with E-state index in [1.54, 1.807) is 31.2 Å². The Morgan fingerprint density at radius 1 is 1.61 bits per heavy atom. The van der Waals surface area contributed by atoms with Gasteiger partial charge in [0.1, 0.15) is 0 Å². The van der Waals surface area contributed by atoms with Crippen LogP contribution in [0.15, 0.2) is 29.3 Å². The topological polar surface area (TPSA) is 38.7 Å². The Bertz CT molecular complexity index is 508. The van der Waals surface area contributed by atoms with Crippen LogP contribution in [-0.2, 0) is 9.53 Å². The molecular weight excluding hydrogens is 270 g/mol. The average molecular weight is 282 g/mol. The maximum Gasteiger partial charge on any atom is 0.309 e. The van der Waals surface area contributed by atoms with Crippen molar-refractivity contribution in [2.24, 2.45) is 4.99 Å². The van der Waals surface area contributed by atoms with E-state index in [1.807, 2.05) is 6.07 Å². The summed E-state index contributed by atoms with van der Waals surface area (Å²) in [4.78, 5) is 14.9. The van der Waals surface area contributed by atoms with Gasteiger partial charge in [-0.2, -0.15) is 4.99 Å². The third-order valence-corrected chi connectivity index (χ3v) is 2.43. The Labute approximate surface area is 116 Å². The number of carbonyl (C=O) groups excluding carboxylic acids is 1. The van der Waals surface area contributed by atoms with Crippen LogP contribution >= 0.6 is 23.8 Å². The molecule has 0 aliphatic rings. The molecule has 0 spiro atoms. The monoisotopic (exact) mass is 281 g/mol. The van der Waals surface area contributed by atoms with Gasteiger partial charge in [-0.3, -0.25) is 4.79 Å². The number of halogens is 1. The Balaban J connectivity index is 2.68. The second-order valence-corrected chi connectivity index (χ2v) is 3.92. The highest BCUT2D eigenvalue weighted by Crippen LogP contribution is 2.25. The molecule has 94 valence electrons. The van der Waals surface area contributed by atoms with E-state index in [0.717, 1.165) is 5.56 Å². The molecule has 0 heterocycles. The van der Waals surface area contributed by atoms with E-state index in [4.69, 9.17) is 16.3 Å². The van der Waals surface area contributed by atoms with E-state index < -0.39 is 0 Å². The van der Waals surface area contributed by atoms with Gasteiger partial charge >= 0.3 is 5.97 Å². The van der Waals surface area contributed by atoms with Gasteiger partial charge in [0.2, 0.25) is 0 Å². The standard InChI is InChI=1S/C13H12ClNO2S/c1-2-17-13(16)5-3-4-10-6-7-12(15-9-18)11(14)8-10/h3-4,6-8H,2,5H2,1H3. The Morgan fingerprint density at radius 3 is 3.00 bits per heavy atom. The summed E-state index contributed by atoms with van der Waals surface area (Å²) >= 11 is 10.5. The number of aliphatic imine (C=N–C) groups is 1. The fourth-order valence-electron chi connectivity index (χ4n) is 1.28. The zero-order valence-electron chi connectivity index (χ0n) is 9.85. The van der Waals surface area contributed by atoms with Gasteiger partial charge in [-0.25, -0.2) is 0 Å². The van der Waals surface area contributed by atoms with Crippen LogP contribution in [0, 0.1) is 0 Å². The lowest BCUT2D eigenvalue weighted by atomic mass is 10.2. The maximum absolute atomic E-state index is 11.1. The first-order valence-electron chi connectivity index (χ1n) is 5.37. The van der Waals surface area contributed by atoms with E-state index in [1.165, 1.54) is 0 Å². The number of ether oxygens (including phenoxy) is 1. The molecular formula is C13H12ClNO2S. The highest BCUT2D eigenvalue weighted by molar-refractivity contribution is 7.78. The highest BCUT2D eigenvalue weighted by atomic mass is 35.5. The minimum Gasteiger partial charge on any atom is -0.466 e. The molecule has 18 heavy (non-hydrogen) atoms. The van der Waals surface area contributed by atoms with Crippen molar-refractivity contribution in [1.29, 1.82) is 0 Å². The summed E-state index contributed by atoms with van der Waals surface area (Å²) in [7, 11) is 0. The molecule has 0 saturated carbocycles. The van der Waals surface area contributed by atoms with Crippen LogP contribution in [-0.4, -0.2) is 17.7 Å². The molecule has 0 fully saturated rings. The fraction of sp³-hybridized carbons (Fsp3) is 0.231. The van der Waals surface area contributed by atoms with Crippen molar-refractivity contribution in [3.8, 4) is 0 Å². The lowest BCUT2D eigenvalue weighted by Gasteiger charge is -1.99. The van der Waals surface area contributed by atoms with Gasteiger partial charge in [0.15, 0.2) is 0 Å². The summed E-state index contributed by atoms with van der Waals surface area (Å²) in [6, 6.07) is 5.32. The number of isothiocyanates is 1. The van der Waals surface area contributed by atoms with Crippen molar-refractivity contribution in [2.75, 3.05) is 6.61 Å². The Kier molecular flexibility index (Phi) is 6.29. The molecule has 1 rings (SSSR count). The number of hydrogen-bond acceptors (Lipinski definition) is 4. The first-order chi connectivity index (χ1) is 8.67. The SMILES string of the molecule is CCOC(=O)CC=Cc1ccc(N=C=S)c(Cl)c1. The molecule has 0 amide bonds. The van der Waals surface area contributed by atoms with Crippen LogP contribution in [0.1, 0.15) is 18.9 Å². The van der Waals surface area contributed by atoms with Crippen molar-refractivity contribution in [3.63, 3.8) is 0 Å². The molecule has 5 heteroatoms. The van der Waals surface area contributed by atoms with Gasteiger partial charge in [-0.05, 0) is 36.8 Å². The molecule has 1 aromatic carbocycles. The van der Waals surface area contributed by atoms with Gasteiger partial charge in [0, 0.05) is 0 Å². The Morgan fingerprint density at radius 2 is 2.39 bits per heavy atom. The average Bonchev–Trinajstić information content (AvgIpc) is 2.33. The fourth-order valence-corrected chi connectivity index (χ4v) is 1.61. The number of hydrogen-bond donors (Lipinski definition) is 0. The first-order valence-corrected chi connectivity index (χ1v) is 6.15. The number of benzene rings is 1. The lowest BCUT2D eigenvalue weighted by molar-refractivity contribution is -0.142. The normalized spacial score (nSPS) is 10.1. The molecule has 3 nitrogen and oxygen atoms in total. The summed E-state index contributed by atoms with van der Waals surface area (Å²) in [6.45, 7) is 2.17. The number of carbonyl (C=O) groups is 1. The molecule has 1 aromatic rings. The number of nitrogens with zero attached hydrogens (tertiary/aromatic N) is 1. The first kappa shape index (κ1) is 14.6. The Hall–Kier alpha value is -1.48. The molecule has 0 aliphatic carbocycles. The lowest BCUT2D eigenvalue weighted by Crippen LogP contribution is -2.01. The molecule has 0 aliphatic heterocycles. The van der Waals surface area contributed by atoms with Crippen LogP contribution in [0.2, 0.25) is 5.02 Å². The molecule has 0 unspecified atom stereocenters. The van der Waals surface area contributed by atoms with Crippen molar-refractivity contribution in [3.05, 3.63) is 34.9 Å². The van der Waals surface area contributed by atoms with Crippen molar-refractivity contribution < 1.29 is 9.53 Å². The van der Waals surface area contributed by atoms with Crippen molar-refractivity contribution in [2.45, 2.75) is 13.3 Å². The predicted molar refractivity (Wildman–Crippen MR) is 76.4 cm³/mol. The molecule has 0 radical (unpaired) electrons. The molecule has 0 aromatic heterocycles. The summed E-state index contributed by atoms with van der Waals surface area (Å²) < 4.78 is 4.80.